The van der Waals surface area contributed by atoms with E-state index in [1.54, 1.807) is 30.3 Å². The van der Waals surface area contributed by atoms with Gasteiger partial charge in [0.15, 0.2) is 5.76 Å². The number of thioether (sulfide) groups is 1. The van der Waals surface area contributed by atoms with Gasteiger partial charge in [0.1, 0.15) is 5.25 Å². The summed E-state index contributed by atoms with van der Waals surface area (Å²) >= 11 is 7.48. The van der Waals surface area contributed by atoms with Gasteiger partial charge in [0.25, 0.3) is 5.91 Å². The number of halogens is 1. The number of anilines is 2. The number of benzene rings is 3. The molecule has 0 fully saturated rings. The van der Waals surface area contributed by atoms with Crippen LogP contribution >= 0.6 is 23.4 Å². The molecule has 3 N–H and O–H groups in total. The molecule has 4 aromatic rings. The van der Waals surface area contributed by atoms with E-state index in [1.165, 1.54) is 36.2 Å². The van der Waals surface area contributed by atoms with Gasteiger partial charge in [-0.3, -0.25) is 9.59 Å². The standard InChI is InChI=1S/C26H19ClN2O5S/c27-20-12-11-17(26(32)33)14-21(20)29-25(31)23(16-6-2-1-3-7-16)35-19-9-4-8-18(15-19)28-24(30)22-10-5-13-34-22/h1-15,23H,(H,28,30)(H,29,31)(H,32,33). The van der Waals surface area contributed by atoms with Gasteiger partial charge in [-0.05, 0) is 54.1 Å². The summed E-state index contributed by atoms with van der Waals surface area (Å²) in [6.45, 7) is 0. The lowest BCUT2D eigenvalue weighted by atomic mass is 10.1. The fraction of sp³-hybridized carbons (Fsp3) is 0.0385. The Morgan fingerprint density at radius 1 is 0.886 bits per heavy atom. The molecular weight excluding hydrogens is 488 g/mol. The summed E-state index contributed by atoms with van der Waals surface area (Å²) in [6, 6.07) is 23.6. The molecule has 9 heteroatoms. The summed E-state index contributed by atoms with van der Waals surface area (Å²) in [4.78, 5) is 37.7. The fourth-order valence-electron chi connectivity index (χ4n) is 3.24. The predicted octanol–water partition coefficient (Wildman–Crippen LogP) is 6.36. The van der Waals surface area contributed by atoms with E-state index >= 15 is 0 Å². The third kappa shape index (κ3) is 6.11. The highest BCUT2D eigenvalue weighted by Gasteiger charge is 2.23. The molecule has 7 nitrogen and oxygen atoms in total. The first kappa shape index (κ1) is 24.1. The molecule has 2 amide bonds. The number of furan rings is 1. The first-order valence-corrected chi connectivity index (χ1v) is 11.7. The molecule has 0 spiro atoms. The number of carbonyl (C=O) groups is 3. The number of nitrogens with one attached hydrogen (secondary N) is 2. The second kappa shape index (κ2) is 10.9. The summed E-state index contributed by atoms with van der Waals surface area (Å²) in [5, 5.41) is 14.3. The van der Waals surface area contributed by atoms with Gasteiger partial charge in [-0.15, -0.1) is 11.8 Å². The van der Waals surface area contributed by atoms with Gasteiger partial charge in [0.05, 0.1) is 22.5 Å². The molecule has 3 aromatic carbocycles. The van der Waals surface area contributed by atoms with Crippen LogP contribution in [-0.4, -0.2) is 22.9 Å². The monoisotopic (exact) mass is 506 g/mol. The van der Waals surface area contributed by atoms with Crippen molar-refractivity contribution in [2.45, 2.75) is 10.1 Å². The van der Waals surface area contributed by atoms with Crippen LogP contribution in [0.1, 0.15) is 31.7 Å². The number of rotatable bonds is 8. The van der Waals surface area contributed by atoms with Gasteiger partial charge in [-0.1, -0.05) is 48.0 Å². The normalized spacial score (nSPS) is 11.5. The van der Waals surface area contributed by atoms with Crippen molar-refractivity contribution in [2.75, 3.05) is 10.6 Å². The summed E-state index contributed by atoms with van der Waals surface area (Å²) in [6.07, 6.45) is 1.42. The third-order valence-electron chi connectivity index (χ3n) is 4.90. The Morgan fingerprint density at radius 2 is 1.69 bits per heavy atom. The van der Waals surface area contributed by atoms with Gasteiger partial charge >= 0.3 is 5.97 Å². The highest BCUT2D eigenvalue weighted by Crippen LogP contribution is 2.38. The number of hydrogen-bond donors (Lipinski definition) is 3. The topological polar surface area (TPSA) is 109 Å². The molecule has 1 unspecified atom stereocenters. The number of carboxylic acids is 1. The molecule has 1 heterocycles. The summed E-state index contributed by atoms with van der Waals surface area (Å²) in [7, 11) is 0. The Morgan fingerprint density at radius 3 is 2.40 bits per heavy atom. The maximum absolute atomic E-state index is 13.3. The van der Waals surface area contributed by atoms with E-state index in [0.29, 0.717) is 5.69 Å². The second-order valence-electron chi connectivity index (χ2n) is 7.36. The molecule has 176 valence electrons. The minimum absolute atomic E-state index is 0.00798. The van der Waals surface area contributed by atoms with Crippen LogP contribution in [0.3, 0.4) is 0 Å². The smallest absolute Gasteiger partial charge is 0.335 e. The average Bonchev–Trinajstić information content (AvgIpc) is 3.40. The molecule has 1 atom stereocenters. The van der Waals surface area contributed by atoms with Crippen LogP contribution < -0.4 is 10.6 Å². The molecule has 0 saturated carbocycles. The van der Waals surface area contributed by atoms with Gasteiger partial charge in [0, 0.05) is 10.6 Å². The number of carboxylic acid groups (broad SMARTS) is 1. The van der Waals surface area contributed by atoms with Crippen molar-refractivity contribution < 1.29 is 23.9 Å². The van der Waals surface area contributed by atoms with E-state index in [0.717, 1.165) is 10.5 Å². The minimum Gasteiger partial charge on any atom is -0.478 e. The quantitative estimate of drug-likeness (QED) is 0.240. The van der Waals surface area contributed by atoms with Crippen LogP contribution in [-0.2, 0) is 4.79 Å². The van der Waals surface area contributed by atoms with Crippen molar-refractivity contribution in [2.24, 2.45) is 0 Å². The first-order valence-electron chi connectivity index (χ1n) is 10.4. The van der Waals surface area contributed by atoms with Crippen LogP contribution in [0.2, 0.25) is 5.02 Å². The molecule has 0 aliphatic carbocycles. The van der Waals surface area contributed by atoms with Gasteiger partial charge in [0.2, 0.25) is 5.91 Å². The number of aromatic carboxylic acids is 1. The van der Waals surface area contributed by atoms with E-state index in [9.17, 15) is 19.5 Å². The zero-order valence-electron chi connectivity index (χ0n) is 18.1. The van der Waals surface area contributed by atoms with Crippen molar-refractivity contribution in [3.8, 4) is 0 Å². The number of carbonyl (C=O) groups excluding carboxylic acids is 2. The largest absolute Gasteiger partial charge is 0.478 e. The Labute approximate surface area is 210 Å². The molecule has 1 aromatic heterocycles. The number of amides is 2. The Balaban J connectivity index is 1.58. The summed E-state index contributed by atoms with van der Waals surface area (Å²) < 4.78 is 5.12. The van der Waals surface area contributed by atoms with Crippen LogP contribution in [0, 0.1) is 0 Å². The lowest BCUT2D eigenvalue weighted by Gasteiger charge is -2.18. The van der Waals surface area contributed by atoms with Crippen LogP contribution in [0.25, 0.3) is 0 Å². The minimum atomic E-state index is -1.13. The highest BCUT2D eigenvalue weighted by molar-refractivity contribution is 8.00. The second-order valence-corrected chi connectivity index (χ2v) is 8.94. The summed E-state index contributed by atoms with van der Waals surface area (Å²) in [5.74, 6) is -1.71. The highest BCUT2D eigenvalue weighted by atomic mass is 35.5. The van der Waals surface area contributed by atoms with Crippen molar-refractivity contribution >= 4 is 52.5 Å². The van der Waals surface area contributed by atoms with Crippen LogP contribution in [0.15, 0.2) is 101 Å². The van der Waals surface area contributed by atoms with Crippen molar-refractivity contribution in [3.63, 3.8) is 0 Å². The van der Waals surface area contributed by atoms with Gasteiger partial charge < -0.3 is 20.2 Å². The van der Waals surface area contributed by atoms with Crippen molar-refractivity contribution in [1.82, 2.24) is 0 Å². The molecule has 0 radical (unpaired) electrons. The maximum atomic E-state index is 13.3. The molecule has 0 bridgehead atoms. The molecule has 0 aliphatic heterocycles. The molecule has 4 rings (SSSR count). The van der Waals surface area contributed by atoms with E-state index in [-0.39, 0.29) is 33.8 Å². The van der Waals surface area contributed by atoms with E-state index in [4.69, 9.17) is 16.0 Å². The van der Waals surface area contributed by atoms with Crippen LogP contribution in [0.4, 0.5) is 11.4 Å². The molecule has 0 aliphatic rings. The van der Waals surface area contributed by atoms with E-state index in [1.807, 2.05) is 36.4 Å². The SMILES string of the molecule is O=C(O)c1ccc(Cl)c(NC(=O)C(Sc2cccc(NC(=O)c3ccco3)c2)c2ccccc2)c1. The zero-order chi connectivity index (χ0) is 24.8. The molecule has 35 heavy (non-hydrogen) atoms. The van der Waals surface area contributed by atoms with Crippen molar-refractivity contribution in [1.29, 1.82) is 0 Å². The molecule has 0 saturated heterocycles. The fourth-order valence-corrected chi connectivity index (χ4v) is 4.49. The van der Waals surface area contributed by atoms with Crippen LogP contribution in [0.5, 0.6) is 0 Å². The lowest BCUT2D eigenvalue weighted by Crippen LogP contribution is -2.19. The Bertz CT molecular complexity index is 1360. The Hall–Kier alpha value is -4.01. The average molecular weight is 507 g/mol. The van der Waals surface area contributed by atoms with Gasteiger partial charge in [-0.2, -0.15) is 0 Å². The van der Waals surface area contributed by atoms with Gasteiger partial charge in [-0.25, -0.2) is 4.79 Å². The zero-order valence-corrected chi connectivity index (χ0v) is 19.7. The summed E-state index contributed by atoms with van der Waals surface area (Å²) in [5.41, 5.74) is 1.50. The lowest BCUT2D eigenvalue weighted by molar-refractivity contribution is -0.115. The third-order valence-corrected chi connectivity index (χ3v) is 6.48. The predicted molar refractivity (Wildman–Crippen MR) is 135 cm³/mol. The Kier molecular flexibility index (Phi) is 7.54. The number of hydrogen-bond acceptors (Lipinski definition) is 5. The first-order chi connectivity index (χ1) is 16.9. The molecular formula is C26H19ClN2O5S. The van der Waals surface area contributed by atoms with E-state index < -0.39 is 11.2 Å². The maximum Gasteiger partial charge on any atom is 0.335 e. The van der Waals surface area contributed by atoms with E-state index in [2.05, 4.69) is 10.6 Å². The van der Waals surface area contributed by atoms with Crippen molar-refractivity contribution in [3.05, 3.63) is 113 Å².